The molecule has 0 aliphatic carbocycles. The van der Waals surface area contributed by atoms with Gasteiger partial charge in [-0.25, -0.2) is 4.79 Å². The third-order valence-corrected chi connectivity index (χ3v) is 10.8. The van der Waals surface area contributed by atoms with Gasteiger partial charge in [-0.05, 0) is 55.0 Å². The molecule has 3 aromatic carbocycles. The highest BCUT2D eigenvalue weighted by Gasteiger charge is 2.53. The lowest BCUT2D eigenvalue weighted by atomic mass is 9.97. The molecular formula is C42H46O22. The molecule has 346 valence electrons. The summed E-state index contributed by atoms with van der Waals surface area (Å²) in [5.74, 6) is -3.45. The fourth-order valence-electron chi connectivity index (χ4n) is 7.20. The lowest BCUT2D eigenvalue weighted by Gasteiger charge is -2.46. The average molecular weight is 903 g/mol. The van der Waals surface area contributed by atoms with Crippen LogP contribution in [0.3, 0.4) is 0 Å². The van der Waals surface area contributed by atoms with Gasteiger partial charge in [0.2, 0.25) is 17.5 Å². The van der Waals surface area contributed by atoms with Crippen LogP contribution < -0.4 is 10.2 Å². The maximum atomic E-state index is 14.2. The molecule has 7 rings (SSSR count). The van der Waals surface area contributed by atoms with Crippen LogP contribution >= 0.6 is 0 Å². The predicted octanol–water partition coefficient (Wildman–Crippen LogP) is -1.60. The van der Waals surface area contributed by atoms with Crippen LogP contribution in [0.2, 0.25) is 0 Å². The minimum Gasteiger partial charge on any atom is -0.508 e. The first-order chi connectivity index (χ1) is 30.4. The van der Waals surface area contributed by atoms with Gasteiger partial charge in [0, 0.05) is 23.8 Å². The Morgan fingerprint density at radius 2 is 1.25 bits per heavy atom. The second-order valence-corrected chi connectivity index (χ2v) is 15.3. The Labute approximate surface area is 361 Å². The van der Waals surface area contributed by atoms with Crippen molar-refractivity contribution >= 4 is 23.0 Å². The van der Waals surface area contributed by atoms with E-state index in [2.05, 4.69) is 0 Å². The highest BCUT2D eigenvalue weighted by atomic mass is 16.8. The van der Waals surface area contributed by atoms with Crippen LogP contribution in [-0.4, -0.2) is 173 Å². The zero-order valence-electron chi connectivity index (χ0n) is 33.5. The van der Waals surface area contributed by atoms with E-state index >= 15 is 0 Å². The van der Waals surface area contributed by atoms with Gasteiger partial charge in [0.15, 0.2) is 24.4 Å². The van der Waals surface area contributed by atoms with E-state index in [0.29, 0.717) is 5.56 Å². The number of aliphatic hydroxyl groups excluding tert-OH is 8. The first-order valence-electron chi connectivity index (χ1n) is 19.7. The smallest absolute Gasteiger partial charge is 0.330 e. The molecule has 3 fully saturated rings. The van der Waals surface area contributed by atoms with Gasteiger partial charge in [0.05, 0.1) is 12.7 Å². The van der Waals surface area contributed by atoms with Crippen molar-refractivity contribution in [1.82, 2.24) is 0 Å². The van der Waals surface area contributed by atoms with Crippen molar-refractivity contribution in [2.75, 3.05) is 13.2 Å². The summed E-state index contributed by atoms with van der Waals surface area (Å²) < 4.78 is 46.0. The summed E-state index contributed by atoms with van der Waals surface area (Å²) in [6, 6.07) is 12.8. The van der Waals surface area contributed by atoms with E-state index in [-0.39, 0.29) is 28.4 Å². The maximum absolute atomic E-state index is 14.2. The fourth-order valence-corrected chi connectivity index (χ4v) is 7.20. The third kappa shape index (κ3) is 9.79. The first-order valence-corrected chi connectivity index (χ1v) is 19.7. The van der Waals surface area contributed by atoms with Crippen molar-refractivity contribution in [1.29, 1.82) is 0 Å². The minimum absolute atomic E-state index is 0.00137. The quantitative estimate of drug-likeness (QED) is 0.0563. The molecule has 0 radical (unpaired) electrons. The summed E-state index contributed by atoms with van der Waals surface area (Å²) in [5, 5.41) is 126. The molecule has 64 heavy (non-hydrogen) atoms. The molecule has 3 aliphatic heterocycles. The molecule has 22 heteroatoms. The SMILES string of the molecule is C[C@@H]1O[C@@H](OC[C@H]2O[C@@H](Oc3c(-c4ccc(O)cc4)oc4cc(O)cc(O)c4c3=O)[C@H](O[C@@H]3O[C@H](COC(=O)/C=C/c4ccc(O)cc4)[C@@H](O)[C@H](O)[C@H]3O)[C@@H](O)[C@@H]2O)[C@H](O)[C@H](O)[C@H]1O. The number of hydrogen-bond acceptors (Lipinski definition) is 22. The number of aromatic hydroxyl groups is 4. The lowest BCUT2D eigenvalue weighted by molar-refractivity contribution is -0.362. The molecule has 0 amide bonds. The summed E-state index contributed by atoms with van der Waals surface area (Å²) in [5.41, 5.74) is -0.789. The molecule has 0 bridgehead atoms. The Hall–Kier alpha value is -5.44. The molecule has 22 nitrogen and oxygen atoms in total. The molecule has 4 aromatic rings. The first kappa shape index (κ1) is 46.5. The van der Waals surface area contributed by atoms with Gasteiger partial charge in [-0.2, -0.15) is 0 Å². The van der Waals surface area contributed by atoms with Crippen LogP contribution in [0.5, 0.6) is 28.7 Å². The number of benzene rings is 3. The lowest BCUT2D eigenvalue weighted by Crippen LogP contribution is -2.65. The largest absolute Gasteiger partial charge is 0.508 e. The molecule has 0 saturated carbocycles. The maximum Gasteiger partial charge on any atom is 0.330 e. The number of esters is 1. The van der Waals surface area contributed by atoms with Crippen LogP contribution in [0.1, 0.15) is 12.5 Å². The Morgan fingerprint density at radius 1 is 0.656 bits per heavy atom. The number of phenols is 4. The van der Waals surface area contributed by atoms with E-state index in [1.807, 2.05) is 0 Å². The molecule has 3 aliphatic rings. The summed E-state index contributed by atoms with van der Waals surface area (Å²) in [7, 11) is 0. The Bertz CT molecular complexity index is 2340. The number of aliphatic hydroxyl groups is 8. The van der Waals surface area contributed by atoms with Gasteiger partial charge in [-0.15, -0.1) is 0 Å². The molecule has 4 heterocycles. The Balaban J connectivity index is 1.19. The van der Waals surface area contributed by atoms with E-state index in [4.69, 9.17) is 37.6 Å². The molecule has 3 saturated heterocycles. The molecule has 0 spiro atoms. The van der Waals surface area contributed by atoms with Crippen LogP contribution in [0.25, 0.3) is 28.4 Å². The van der Waals surface area contributed by atoms with Gasteiger partial charge >= 0.3 is 5.97 Å². The van der Waals surface area contributed by atoms with E-state index in [9.17, 15) is 70.9 Å². The van der Waals surface area contributed by atoms with E-state index in [0.717, 1.165) is 18.2 Å². The van der Waals surface area contributed by atoms with Gasteiger partial charge in [0.1, 0.15) is 102 Å². The van der Waals surface area contributed by atoms with Crippen molar-refractivity contribution in [2.45, 2.75) is 99.0 Å². The standard InChI is InChI=1S/C42H46O22/c1-16-28(48)32(52)35(55)40(59-16)58-15-25-30(50)34(54)39(64-41-36(56)33(53)29(49)24(61-41)14-57-26(47)11-4-17-2-7-19(43)8-3-17)42(62-25)63-38-31(51)27-22(46)12-21(45)13-23(27)60-37(38)18-5-9-20(44)10-6-18/h2-13,16,24-25,28-30,32-36,39-46,48-50,52-56H,14-15H2,1H3/b11-4+/t16-,24+,25+,28-,29+,30+,32+,33-,34-,35+,36+,39+,40+,41-,42-/m0/s1. The minimum atomic E-state index is -2.13. The van der Waals surface area contributed by atoms with Crippen molar-refractivity contribution in [3.05, 3.63) is 82.5 Å². The number of carbonyl (C=O) groups excluding carboxylic acids is 1. The normalized spacial score (nSPS) is 33.3. The number of carbonyl (C=O) groups is 1. The highest BCUT2D eigenvalue weighted by Crippen LogP contribution is 2.39. The molecule has 15 atom stereocenters. The van der Waals surface area contributed by atoms with E-state index in [1.165, 1.54) is 61.5 Å². The summed E-state index contributed by atoms with van der Waals surface area (Å²) in [6.07, 6.45) is -24.7. The number of fused-ring (bicyclic) bond motifs is 1. The van der Waals surface area contributed by atoms with Crippen molar-refractivity contribution in [2.24, 2.45) is 0 Å². The van der Waals surface area contributed by atoms with Crippen molar-refractivity contribution in [3.63, 3.8) is 0 Å². The monoisotopic (exact) mass is 902 g/mol. The van der Waals surface area contributed by atoms with Crippen molar-refractivity contribution < 1.29 is 104 Å². The van der Waals surface area contributed by atoms with E-state index in [1.54, 1.807) is 0 Å². The summed E-state index contributed by atoms with van der Waals surface area (Å²) in [6.45, 7) is -0.0657. The fraction of sp³-hybridized carbons (Fsp3) is 0.429. The topological polar surface area (TPSA) is 355 Å². The second kappa shape index (κ2) is 19.3. The van der Waals surface area contributed by atoms with Crippen LogP contribution in [0.4, 0.5) is 0 Å². The zero-order valence-corrected chi connectivity index (χ0v) is 33.5. The second-order valence-electron chi connectivity index (χ2n) is 15.3. The highest BCUT2D eigenvalue weighted by molar-refractivity contribution is 5.88. The number of phenolic OH excluding ortho intramolecular Hbond substituents is 4. The van der Waals surface area contributed by atoms with Crippen LogP contribution in [0, 0.1) is 0 Å². The molecule has 12 N–H and O–H groups in total. The van der Waals surface area contributed by atoms with Gasteiger partial charge in [-0.3, -0.25) is 4.79 Å². The number of hydrogen-bond donors (Lipinski definition) is 12. The third-order valence-electron chi connectivity index (χ3n) is 10.8. The number of ether oxygens (including phenoxy) is 7. The summed E-state index contributed by atoms with van der Waals surface area (Å²) in [4.78, 5) is 26.8. The van der Waals surface area contributed by atoms with Gasteiger partial charge < -0.3 is 98.9 Å². The van der Waals surface area contributed by atoms with Gasteiger partial charge in [0.25, 0.3) is 0 Å². The number of rotatable bonds is 12. The molecular weight excluding hydrogens is 856 g/mol. The van der Waals surface area contributed by atoms with Crippen LogP contribution in [0.15, 0.2) is 76.0 Å². The molecule has 0 unspecified atom stereocenters. The van der Waals surface area contributed by atoms with Crippen LogP contribution in [-0.2, 0) is 33.2 Å². The zero-order chi connectivity index (χ0) is 46.1. The average Bonchev–Trinajstić information content (AvgIpc) is 3.26. The van der Waals surface area contributed by atoms with Gasteiger partial charge in [-0.1, -0.05) is 12.1 Å². The Kier molecular flexibility index (Phi) is 14.1. The molecule has 1 aromatic heterocycles. The van der Waals surface area contributed by atoms with E-state index < -0.39 is 139 Å². The predicted molar refractivity (Wildman–Crippen MR) is 212 cm³/mol. The Morgan fingerprint density at radius 3 is 1.94 bits per heavy atom. The van der Waals surface area contributed by atoms with Crippen molar-refractivity contribution in [3.8, 4) is 40.1 Å². The summed E-state index contributed by atoms with van der Waals surface area (Å²) >= 11 is 0.